The van der Waals surface area contributed by atoms with E-state index in [-0.39, 0.29) is 5.97 Å². The van der Waals surface area contributed by atoms with E-state index in [0.717, 1.165) is 23.7 Å². The topological polar surface area (TPSA) is 42.4 Å². The number of ether oxygens (including phenoxy) is 1. The summed E-state index contributed by atoms with van der Waals surface area (Å²) in [5.41, 5.74) is 2.18. The lowest BCUT2D eigenvalue weighted by Gasteiger charge is -2.19. The lowest BCUT2D eigenvalue weighted by Crippen LogP contribution is -2.31. The maximum atomic E-state index is 11.6. The molecule has 0 N–H and O–H groups in total. The maximum absolute atomic E-state index is 11.6. The minimum Gasteiger partial charge on any atom is -0.465 e. The minimum absolute atomic E-state index is 0.167. The molecule has 0 bridgehead atoms. The Bertz CT molecular complexity index is 552. The largest absolute Gasteiger partial charge is 0.465 e. The highest BCUT2D eigenvalue weighted by molar-refractivity contribution is 7.14. The van der Waals surface area contributed by atoms with E-state index in [1.54, 1.807) is 22.7 Å². The Morgan fingerprint density at radius 1 is 1.38 bits per heavy atom. The minimum atomic E-state index is -0.167. The van der Waals surface area contributed by atoms with Gasteiger partial charge in [-0.2, -0.15) is 11.3 Å². The molecule has 0 spiro atoms. The second-order valence-electron chi connectivity index (χ2n) is 4.67. The standard InChI is InChI=1S/C15H20N2O2S2/c1-3-6-17(9-14(18)19-4-2)8-13-11-21-15(16-13)12-5-7-20-10-12/h5,7,10-11H,3-4,6,8-9H2,1-2H3. The van der Waals surface area contributed by atoms with Crippen LogP contribution < -0.4 is 0 Å². The molecular formula is C15H20N2O2S2. The molecule has 0 fully saturated rings. The fourth-order valence-corrected chi connectivity index (χ4v) is 3.57. The van der Waals surface area contributed by atoms with Crippen molar-refractivity contribution < 1.29 is 9.53 Å². The van der Waals surface area contributed by atoms with Crippen LogP contribution in [0.1, 0.15) is 26.0 Å². The zero-order chi connectivity index (χ0) is 15.1. The summed E-state index contributed by atoms with van der Waals surface area (Å²) in [6.07, 6.45) is 1.00. The number of nitrogens with zero attached hydrogens (tertiary/aromatic N) is 2. The van der Waals surface area contributed by atoms with Gasteiger partial charge >= 0.3 is 5.97 Å². The van der Waals surface area contributed by atoms with E-state index in [4.69, 9.17) is 4.74 Å². The van der Waals surface area contributed by atoms with Crippen molar-refractivity contribution >= 4 is 28.6 Å². The quantitative estimate of drug-likeness (QED) is 0.695. The summed E-state index contributed by atoms with van der Waals surface area (Å²) in [4.78, 5) is 18.4. The smallest absolute Gasteiger partial charge is 0.320 e. The van der Waals surface area contributed by atoms with Crippen molar-refractivity contribution in [2.24, 2.45) is 0 Å². The molecule has 0 saturated carbocycles. The molecule has 0 amide bonds. The van der Waals surface area contributed by atoms with Crippen LogP contribution in [0.4, 0.5) is 0 Å². The number of carbonyl (C=O) groups is 1. The summed E-state index contributed by atoms with van der Waals surface area (Å²) in [5.74, 6) is -0.167. The SMILES string of the molecule is CCCN(CC(=O)OCC)Cc1csc(-c2ccsc2)n1. The Labute approximate surface area is 133 Å². The second kappa shape index (κ2) is 8.26. The fraction of sp³-hybridized carbons (Fsp3) is 0.467. The predicted molar refractivity (Wildman–Crippen MR) is 87.6 cm³/mol. The summed E-state index contributed by atoms with van der Waals surface area (Å²) in [7, 11) is 0. The van der Waals surface area contributed by atoms with E-state index in [1.807, 2.05) is 6.92 Å². The second-order valence-corrected chi connectivity index (χ2v) is 6.31. The first-order valence-electron chi connectivity index (χ1n) is 7.07. The van der Waals surface area contributed by atoms with Gasteiger partial charge in [-0.05, 0) is 31.3 Å². The zero-order valence-corrected chi connectivity index (χ0v) is 14.0. The first kappa shape index (κ1) is 16.1. The molecule has 0 atom stereocenters. The molecule has 21 heavy (non-hydrogen) atoms. The number of carbonyl (C=O) groups excluding carboxylic acids is 1. The molecule has 2 aromatic rings. The third kappa shape index (κ3) is 4.91. The van der Waals surface area contributed by atoms with Crippen molar-refractivity contribution in [3.8, 4) is 10.6 Å². The van der Waals surface area contributed by atoms with Crippen LogP contribution in [0, 0.1) is 0 Å². The van der Waals surface area contributed by atoms with Gasteiger partial charge in [0, 0.05) is 22.9 Å². The van der Waals surface area contributed by atoms with Crippen molar-refractivity contribution in [2.45, 2.75) is 26.8 Å². The summed E-state index contributed by atoms with van der Waals surface area (Å²) >= 11 is 3.32. The van der Waals surface area contributed by atoms with Crippen LogP contribution in [0.2, 0.25) is 0 Å². The van der Waals surface area contributed by atoms with Crippen molar-refractivity contribution in [1.82, 2.24) is 9.88 Å². The van der Waals surface area contributed by atoms with Gasteiger partial charge in [-0.1, -0.05) is 6.92 Å². The Balaban J connectivity index is 1.98. The highest BCUT2D eigenvalue weighted by atomic mass is 32.1. The molecule has 0 saturated heterocycles. The third-order valence-electron chi connectivity index (χ3n) is 2.90. The number of aromatic nitrogens is 1. The monoisotopic (exact) mass is 324 g/mol. The van der Waals surface area contributed by atoms with E-state index < -0.39 is 0 Å². The molecule has 114 valence electrons. The van der Waals surface area contributed by atoms with E-state index in [1.165, 1.54) is 5.56 Å². The molecule has 6 heteroatoms. The van der Waals surface area contributed by atoms with Crippen molar-refractivity contribution in [1.29, 1.82) is 0 Å². The van der Waals surface area contributed by atoms with Crippen LogP contribution in [0.3, 0.4) is 0 Å². The number of thiophene rings is 1. The molecule has 2 aromatic heterocycles. The average Bonchev–Trinajstić information content (AvgIpc) is 3.09. The van der Waals surface area contributed by atoms with Crippen LogP contribution >= 0.6 is 22.7 Å². The van der Waals surface area contributed by atoms with Gasteiger partial charge < -0.3 is 4.74 Å². The summed E-state index contributed by atoms with van der Waals surface area (Å²) < 4.78 is 5.02. The molecular weight excluding hydrogens is 304 g/mol. The Kier molecular flexibility index (Phi) is 6.35. The van der Waals surface area contributed by atoms with Crippen LogP contribution in [-0.2, 0) is 16.1 Å². The van der Waals surface area contributed by atoms with Gasteiger partial charge in [-0.25, -0.2) is 4.98 Å². The molecule has 4 nitrogen and oxygen atoms in total. The summed E-state index contributed by atoms with van der Waals surface area (Å²) in [6.45, 7) is 6.24. The van der Waals surface area contributed by atoms with Gasteiger partial charge in [-0.15, -0.1) is 11.3 Å². The Hall–Kier alpha value is -1.24. The fourth-order valence-electron chi connectivity index (χ4n) is 2.05. The molecule has 0 aromatic carbocycles. The van der Waals surface area contributed by atoms with Crippen molar-refractivity contribution in [2.75, 3.05) is 19.7 Å². The van der Waals surface area contributed by atoms with Crippen molar-refractivity contribution in [3.05, 3.63) is 27.9 Å². The lowest BCUT2D eigenvalue weighted by atomic mass is 10.3. The first-order valence-corrected chi connectivity index (χ1v) is 8.90. The van der Waals surface area contributed by atoms with E-state index in [9.17, 15) is 4.79 Å². The molecule has 0 aliphatic heterocycles. The van der Waals surface area contributed by atoms with Crippen LogP contribution in [0.5, 0.6) is 0 Å². The summed E-state index contributed by atoms with van der Waals surface area (Å²) in [6, 6.07) is 2.08. The molecule has 0 aliphatic carbocycles. The highest BCUT2D eigenvalue weighted by Gasteiger charge is 2.13. The van der Waals surface area contributed by atoms with Crippen LogP contribution in [0.25, 0.3) is 10.6 Å². The van der Waals surface area contributed by atoms with Gasteiger partial charge in [0.1, 0.15) is 5.01 Å². The van der Waals surface area contributed by atoms with Gasteiger partial charge in [0.25, 0.3) is 0 Å². The van der Waals surface area contributed by atoms with Crippen LogP contribution in [0.15, 0.2) is 22.2 Å². The average molecular weight is 324 g/mol. The Morgan fingerprint density at radius 2 is 2.24 bits per heavy atom. The van der Waals surface area contributed by atoms with Gasteiger partial charge in [0.15, 0.2) is 0 Å². The lowest BCUT2D eigenvalue weighted by molar-refractivity contribution is -0.144. The van der Waals surface area contributed by atoms with Gasteiger partial charge in [0.2, 0.25) is 0 Å². The Morgan fingerprint density at radius 3 is 2.90 bits per heavy atom. The number of hydrogen-bond donors (Lipinski definition) is 0. The number of hydrogen-bond acceptors (Lipinski definition) is 6. The van der Waals surface area contributed by atoms with Crippen LogP contribution in [-0.4, -0.2) is 35.5 Å². The molecule has 2 heterocycles. The van der Waals surface area contributed by atoms with Gasteiger partial charge in [0.05, 0.1) is 18.8 Å². The maximum Gasteiger partial charge on any atom is 0.320 e. The van der Waals surface area contributed by atoms with E-state index >= 15 is 0 Å². The molecule has 0 aliphatic rings. The highest BCUT2D eigenvalue weighted by Crippen LogP contribution is 2.26. The number of thiazole rings is 1. The molecule has 0 radical (unpaired) electrons. The third-order valence-corrected chi connectivity index (χ3v) is 4.53. The van der Waals surface area contributed by atoms with Gasteiger partial charge in [-0.3, -0.25) is 9.69 Å². The first-order chi connectivity index (χ1) is 10.2. The normalized spacial score (nSPS) is 11.0. The van der Waals surface area contributed by atoms with Crippen molar-refractivity contribution in [3.63, 3.8) is 0 Å². The van der Waals surface area contributed by atoms with E-state index in [0.29, 0.717) is 19.7 Å². The van der Waals surface area contributed by atoms with E-state index in [2.05, 4.69) is 39.0 Å². The number of rotatable bonds is 8. The number of esters is 1. The predicted octanol–water partition coefficient (Wildman–Crippen LogP) is 3.65. The zero-order valence-electron chi connectivity index (χ0n) is 12.4. The molecule has 2 rings (SSSR count). The summed E-state index contributed by atoms with van der Waals surface area (Å²) in [5, 5.41) is 7.27. The molecule has 0 unspecified atom stereocenters.